The highest BCUT2D eigenvalue weighted by atomic mass is 79.9. The molecule has 1 aliphatic rings. The van der Waals surface area contributed by atoms with Gasteiger partial charge < -0.3 is 9.84 Å². The molecule has 2 heterocycles. The van der Waals surface area contributed by atoms with Crippen molar-refractivity contribution in [2.75, 3.05) is 0 Å². The SMILES string of the molecule is C[C@@]1(c2nc(Br)ccc2F)C[C@@H](C(F)(F)F)OC(NC(=O)O)=N1. The van der Waals surface area contributed by atoms with Crippen LogP contribution in [0, 0.1) is 5.82 Å². The highest BCUT2D eigenvalue weighted by Crippen LogP contribution is 2.40. The van der Waals surface area contributed by atoms with Crippen LogP contribution in [-0.4, -0.2) is 34.5 Å². The van der Waals surface area contributed by atoms with Crippen LogP contribution in [0.5, 0.6) is 0 Å². The number of hydrogen-bond donors (Lipinski definition) is 2. The number of pyridine rings is 1. The van der Waals surface area contributed by atoms with E-state index in [1.807, 2.05) is 0 Å². The lowest BCUT2D eigenvalue weighted by molar-refractivity contribution is -0.208. The number of alkyl halides is 3. The summed E-state index contributed by atoms with van der Waals surface area (Å²) in [4.78, 5) is 18.2. The monoisotopic (exact) mass is 399 g/mol. The summed E-state index contributed by atoms with van der Waals surface area (Å²) in [5.74, 6) is -0.864. The Morgan fingerprint density at radius 1 is 1.52 bits per heavy atom. The van der Waals surface area contributed by atoms with E-state index in [4.69, 9.17) is 5.11 Å². The number of aromatic nitrogens is 1. The second-order valence-corrected chi connectivity index (χ2v) is 5.75. The fraction of sp³-hybridized carbons (Fsp3) is 0.417. The van der Waals surface area contributed by atoms with Gasteiger partial charge in [-0.1, -0.05) is 0 Å². The Hall–Kier alpha value is -1.91. The first-order valence-electron chi connectivity index (χ1n) is 6.17. The molecular weight excluding hydrogens is 390 g/mol. The molecule has 0 radical (unpaired) electrons. The Morgan fingerprint density at radius 3 is 2.74 bits per heavy atom. The molecule has 0 saturated heterocycles. The van der Waals surface area contributed by atoms with Gasteiger partial charge in [0, 0.05) is 6.42 Å². The molecule has 0 aromatic carbocycles. The molecule has 0 fully saturated rings. The topological polar surface area (TPSA) is 83.8 Å². The number of carbonyl (C=O) groups is 1. The van der Waals surface area contributed by atoms with E-state index in [1.165, 1.54) is 13.0 Å². The van der Waals surface area contributed by atoms with Gasteiger partial charge in [-0.3, -0.25) is 0 Å². The molecule has 23 heavy (non-hydrogen) atoms. The van der Waals surface area contributed by atoms with Crippen LogP contribution in [0.1, 0.15) is 19.0 Å². The maximum Gasteiger partial charge on any atom is 0.425 e. The van der Waals surface area contributed by atoms with Gasteiger partial charge in [0.15, 0.2) is 6.10 Å². The zero-order chi connectivity index (χ0) is 17.4. The Kier molecular flexibility index (Phi) is 4.51. The summed E-state index contributed by atoms with van der Waals surface area (Å²) >= 11 is 3.01. The van der Waals surface area contributed by atoms with Crippen LogP contribution in [0.25, 0.3) is 0 Å². The van der Waals surface area contributed by atoms with Crippen molar-refractivity contribution in [1.29, 1.82) is 0 Å². The predicted octanol–water partition coefficient (Wildman–Crippen LogP) is 3.17. The summed E-state index contributed by atoms with van der Waals surface area (Å²) in [7, 11) is 0. The van der Waals surface area contributed by atoms with Crippen LogP contribution in [0.15, 0.2) is 21.7 Å². The van der Waals surface area contributed by atoms with Gasteiger partial charge in [0.05, 0.1) is 0 Å². The van der Waals surface area contributed by atoms with Crippen LogP contribution in [0.2, 0.25) is 0 Å². The number of nitrogens with zero attached hydrogens (tertiary/aromatic N) is 2. The second-order valence-electron chi connectivity index (χ2n) is 4.94. The number of amidine groups is 1. The van der Waals surface area contributed by atoms with Gasteiger partial charge in [0.25, 0.3) is 6.02 Å². The van der Waals surface area contributed by atoms with Gasteiger partial charge in [0.2, 0.25) is 0 Å². The molecule has 1 aromatic heterocycles. The summed E-state index contributed by atoms with van der Waals surface area (Å²) in [5, 5.41) is 10.3. The summed E-state index contributed by atoms with van der Waals surface area (Å²) in [6.45, 7) is 1.22. The lowest BCUT2D eigenvalue weighted by atomic mass is 9.89. The quantitative estimate of drug-likeness (QED) is 0.561. The van der Waals surface area contributed by atoms with E-state index in [9.17, 15) is 22.4 Å². The number of nitrogens with one attached hydrogen (secondary N) is 1. The molecule has 2 rings (SSSR count). The minimum atomic E-state index is -4.79. The number of halogens is 5. The number of carboxylic acid groups (broad SMARTS) is 1. The van der Waals surface area contributed by atoms with E-state index in [1.54, 1.807) is 5.32 Å². The minimum Gasteiger partial charge on any atom is -0.465 e. The third kappa shape index (κ3) is 3.89. The third-order valence-corrected chi connectivity index (χ3v) is 3.53. The second kappa shape index (κ2) is 5.95. The normalized spacial score (nSPS) is 24.6. The van der Waals surface area contributed by atoms with Gasteiger partial charge >= 0.3 is 12.3 Å². The maximum atomic E-state index is 14.0. The smallest absolute Gasteiger partial charge is 0.425 e. The van der Waals surface area contributed by atoms with E-state index < -0.39 is 42.2 Å². The molecule has 0 unspecified atom stereocenters. The molecule has 0 bridgehead atoms. The van der Waals surface area contributed by atoms with Gasteiger partial charge in [-0.05, 0) is 35.0 Å². The lowest BCUT2D eigenvalue weighted by Gasteiger charge is -2.35. The zero-order valence-corrected chi connectivity index (χ0v) is 13.1. The predicted molar refractivity (Wildman–Crippen MR) is 73.4 cm³/mol. The van der Waals surface area contributed by atoms with Crippen LogP contribution < -0.4 is 5.32 Å². The highest BCUT2D eigenvalue weighted by Gasteiger charge is 2.51. The van der Waals surface area contributed by atoms with Crippen LogP contribution in [-0.2, 0) is 10.3 Å². The van der Waals surface area contributed by atoms with E-state index in [0.717, 1.165) is 6.07 Å². The molecule has 2 atom stereocenters. The summed E-state index contributed by atoms with van der Waals surface area (Å²) < 4.78 is 57.8. The van der Waals surface area contributed by atoms with Gasteiger partial charge in [-0.15, -0.1) is 0 Å². The van der Waals surface area contributed by atoms with E-state index in [0.29, 0.717) is 0 Å². The Balaban J connectivity index is 2.52. The van der Waals surface area contributed by atoms with Crippen molar-refractivity contribution in [2.24, 2.45) is 4.99 Å². The van der Waals surface area contributed by atoms with E-state index in [2.05, 4.69) is 30.6 Å². The first-order chi connectivity index (χ1) is 10.5. The summed E-state index contributed by atoms with van der Waals surface area (Å²) in [6.07, 6.45) is -9.55. The molecular formula is C12H10BrF4N3O3. The summed E-state index contributed by atoms with van der Waals surface area (Å²) in [6, 6.07) is 1.44. The number of aliphatic imine (C=N–C) groups is 1. The molecule has 11 heteroatoms. The minimum absolute atomic E-state index is 0.202. The fourth-order valence-electron chi connectivity index (χ4n) is 2.11. The first-order valence-corrected chi connectivity index (χ1v) is 6.96. The zero-order valence-electron chi connectivity index (χ0n) is 11.5. The Morgan fingerprint density at radius 2 is 2.17 bits per heavy atom. The largest absolute Gasteiger partial charge is 0.465 e. The Bertz CT molecular complexity index is 667. The van der Waals surface area contributed by atoms with Crippen molar-refractivity contribution >= 4 is 28.0 Å². The van der Waals surface area contributed by atoms with Crippen molar-refractivity contribution in [3.8, 4) is 0 Å². The molecule has 1 amide bonds. The number of ether oxygens (including phenoxy) is 1. The molecule has 0 spiro atoms. The number of hydrogen-bond acceptors (Lipinski definition) is 4. The maximum absolute atomic E-state index is 14.0. The standard InChI is InChI=1S/C12H10BrF4N3O3/c1-11(8-5(14)2-3-7(13)18-8)4-6(12(15,16)17)23-9(20-11)19-10(21)22/h2-3,6H,4H2,1H3,(H,19,20)(H,21,22)/t6-,11-/m0/s1. The van der Waals surface area contributed by atoms with Crippen LogP contribution in [0.3, 0.4) is 0 Å². The summed E-state index contributed by atoms with van der Waals surface area (Å²) in [5.41, 5.74) is -2.11. The Labute approximate surface area is 135 Å². The highest BCUT2D eigenvalue weighted by molar-refractivity contribution is 9.10. The van der Waals surface area contributed by atoms with Crippen molar-refractivity contribution in [2.45, 2.75) is 31.2 Å². The fourth-order valence-corrected chi connectivity index (χ4v) is 2.42. The van der Waals surface area contributed by atoms with Crippen LogP contribution in [0.4, 0.5) is 22.4 Å². The molecule has 0 aliphatic carbocycles. The third-order valence-electron chi connectivity index (χ3n) is 3.09. The molecule has 1 aromatic rings. The van der Waals surface area contributed by atoms with Crippen LogP contribution >= 0.6 is 15.9 Å². The van der Waals surface area contributed by atoms with E-state index in [-0.39, 0.29) is 10.3 Å². The first kappa shape index (κ1) is 17.4. The van der Waals surface area contributed by atoms with Crippen molar-refractivity contribution in [1.82, 2.24) is 10.3 Å². The molecule has 0 saturated carbocycles. The average molecular weight is 400 g/mol. The van der Waals surface area contributed by atoms with Crippen molar-refractivity contribution < 1.29 is 32.2 Å². The van der Waals surface area contributed by atoms with Gasteiger partial charge in [0.1, 0.15) is 21.7 Å². The molecule has 1 aliphatic heterocycles. The lowest BCUT2D eigenvalue weighted by Crippen LogP contribution is -2.48. The number of amides is 1. The number of rotatable bonds is 1. The van der Waals surface area contributed by atoms with Gasteiger partial charge in [-0.2, -0.15) is 13.2 Å². The van der Waals surface area contributed by atoms with Crippen molar-refractivity contribution in [3.63, 3.8) is 0 Å². The molecule has 6 nitrogen and oxygen atoms in total. The molecule has 126 valence electrons. The van der Waals surface area contributed by atoms with Crippen molar-refractivity contribution in [3.05, 3.63) is 28.2 Å². The van der Waals surface area contributed by atoms with E-state index >= 15 is 0 Å². The van der Waals surface area contributed by atoms with Gasteiger partial charge in [-0.25, -0.2) is 24.5 Å². The average Bonchev–Trinajstić information content (AvgIpc) is 2.39. The molecule has 2 N–H and O–H groups in total.